The van der Waals surface area contributed by atoms with Gasteiger partial charge in [0, 0.05) is 18.1 Å². The maximum absolute atomic E-state index is 12.9. The summed E-state index contributed by atoms with van der Waals surface area (Å²) in [4.78, 5) is 0.343. The summed E-state index contributed by atoms with van der Waals surface area (Å²) in [5, 5.41) is 4.17. The van der Waals surface area contributed by atoms with Gasteiger partial charge in [-0.05, 0) is 55.7 Å². The zero-order valence-corrected chi connectivity index (χ0v) is 15.3. The normalized spacial score (nSPS) is 11.5. The fourth-order valence-electron chi connectivity index (χ4n) is 3.11. The van der Waals surface area contributed by atoms with E-state index in [-0.39, 0.29) is 0 Å². The Morgan fingerprint density at radius 2 is 1.76 bits per heavy atom. The molecule has 0 saturated carbocycles. The zero-order chi connectivity index (χ0) is 18.0. The second-order valence-electron chi connectivity index (χ2n) is 6.24. The van der Waals surface area contributed by atoms with Crippen molar-refractivity contribution in [3.8, 4) is 0 Å². The van der Waals surface area contributed by atoms with E-state index in [1.165, 1.54) is 0 Å². The zero-order valence-electron chi connectivity index (χ0n) is 14.5. The topological polar surface area (TPSA) is 64.0 Å². The lowest BCUT2D eigenvalue weighted by Gasteiger charge is -2.14. The first kappa shape index (κ1) is 17.2. The first-order chi connectivity index (χ1) is 11.8. The van der Waals surface area contributed by atoms with Crippen molar-refractivity contribution in [2.45, 2.75) is 32.2 Å². The van der Waals surface area contributed by atoms with E-state index >= 15 is 0 Å². The lowest BCUT2D eigenvalue weighted by Crippen LogP contribution is -2.16. The van der Waals surface area contributed by atoms with Crippen molar-refractivity contribution in [1.29, 1.82) is 0 Å². The Bertz CT molecular complexity index is 970. The molecule has 1 N–H and O–H groups in total. The molecule has 0 bridgehead atoms. The van der Waals surface area contributed by atoms with Crippen LogP contribution in [0, 0.1) is 20.8 Å². The van der Waals surface area contributed by atoms with Crippen molar-refractivity contribution in [3.63, 3.8) is 0 Å². The minimum atomic E-state index is -3.64. The van der Waals surface area contributed by atoms with E-state index in [9.17, 15) is 8.42 Å². The fourth-order valence-corrected chi connectivity index (χ4v) is 4.62. The van der Waals surface area contributed by atoms with E-state index in [0.717, 1.165) is 22.3 Å². The number of aryl methyl sites for hydroxylation is 3. The van der Waals surface area contributed by atoms with Crippen LogP contribution in [0.4, 0.5) is 5.69 Å². The summed E-state index contributed by atoms with van der Waals surface area (Å²) < 4.78 is 30.2. The molecule has 0 saturated heterocycles. The molecular weight excluding hydrogens is 334 g/mol. The number of hydrogen-bond acceptors (Lipinski definition) is 3. The van der Waals surface area contributed by atoms with Crippen LogP contribution in [0.5, 0.6) is 0 Å². The van der Waals surface area contributed by atoms with Gasteiger partial charge >= 0.3 is 0 Å². The van der Waals surface area contributed by atoms with Crippen molar-refractivity contribution >= 4 is 15.7 Å². The van der Waals surface area contributed by atoms with Crippen LogP contribution in [-0.4, -0.2) is 18.2 Å². The van der Waals surface area contributed by atoms with Gasteiger partial charge in [0.2, 0.25) is 0 Å². The third kappa shape index (κ3) is 3.91. The molecule has 0 atom stereocenters. The molecule has 1 heterocycles. The van der Waals surface area contributed by atoms with Gasteiger partial charge in [-0.3, -0.25) is 9.40 Å². The third-order valence-electron chi connectivity index (χ3n) is 3.96. The van der Waals surface area contributed by atoms with Crippen LogP contribution < -0.4 is 4.72 Å². The molecule has 0 amide bonds. The molecule has 1 aromatic heterocycles. The second kappa shape index (κ2) is 6.72. The van der Waals surface area contributed by atoms with Crippen LogP contribution in [0.25, 0.3) is 0 Å². The Morgan fingerprint density at radius 1 is 1.04 bits per heavy atom. The van der Waals surface area contributed by atoms with Gasteiger partial charge in [-0.15, -0.1) is 0 Å². The number of anilines is 1. The fraction of sp³-hybridized carbons (Fsp3) is 0.211. The molecule has 6 heteroatoms. The van der Waals surface area contributed by atoms with Crippen LogP contribution >= 0.6 is 0 Å². The average Bonchev–Trinajstić information content (AvgIpc) is 2.98. The predicted octanol–water partition coefficient (Wildman–Crippen LogP) is 3.66. The molecule has 0 aliphatic carbocycles. The van der Waals surface area contributed by atoms with Crippen molar-refractivity contribution < 1.29 is 8.42 Å². The summed E-state index contributed by atoms with van der Waals surface area (Å²) >= 11 is 0. The molecule has 0 aliphatic heterocycles. The largest absolute Gasteiger partial charge is 0.280 e. The van der Waals surface area contributed by atoms with Crippen molar-refractivity contribution in [2.75, 3.05) is 4.72 Å². The predicted molar refractivity (Wildman–Crippen MR) is 99.2 cm³/mol. The lowest BCUT2D eigenvalue weighted by molar-refractivity contribution is 0.600. The van der Waals surface area contributed by atoms with Crippen LogP contribution in [0.15, 0.2) is 59.8 Å². The van der Waals surface area contributed by atoms with E-state index in [2.05, 4.69) is 9.82 Å². The number of sulfonamides is 1. The van der Waals surface area contributed by atoms with Gasteiger partial charge in [0.15, 0.2) is 0 Å². The van der Waals surface area contributed by atoms with Crippen molar-refractivity contribution in [2.24, 2.45) is 0 Å². The first-order valence-corrected chi connectivity index (χ1v) is 9.50. The Kier molecular flexibility index (Phi) is 4.63. The highest BCUT2D eigenvalue weighted by Gasteiger charge is 2.20. The molecule has 3 aromatic rings. The molecule has 130 valence electrons. The van der Waals surface area contributed by atoms with Crippen LogP contribution in [0.2, 0.25) is 0 Å². The molecular formula is C19H21N3O2S. The van der Waals surface area contributed by atoms with E-state index in [1.807, 2.05) is 63.4 Å². The first-order valence-electron chi connectivity index (χ1n) is 8.02. The maximum atomic E-state index is 12.9. The number of hydrogen-bond donors (Lipinski definition) is 1. The molecule has 0 aliphatic rings. The Hall–Kier alpha value is -2.60. The summed E-state index contributed by atoms with van der Waals surface area (Å²) in [6, 6.07) is 13.0. The summed E-state index contributed by atoms with van der Waals surface area (Å²) in [6.45, 7) is 6.19. The SMILES string of the molecule is Cc1cc(C)c(S(=O)(=O)Nc2cccc(Cn3cccn3)c2)c(C)c1. The Balaban J connectivity index is 1.89. The monoisotopic (exact) mass is 355 g/mol. The Labute approximate surface area is 148 Å². The van der Waals surface area contributed by atoms with E-state index < -0.39 is 10.0 Å². The van der Waals surface area contributed by atoms with Crippen molar-refractivity contribution in [1.82, 2.24) is 9.78 Å². The van der Waals surface area contributed by atoms with Crippen molar-refractivity contribution in [3.05, 3.63) is 77.1 Å². The molecule has 5 nitrogen and oxygen atoms in total. The minimum Gasteiger partial charge on any atom is -0.280 e. The maximum Gasteiger partial charge on any atom is 0.262 e. The van der Waals surface area contributed by atoms with E-state index in [1.54, 1.807) is 16.9 Å². The standard InChI is InChI=1S/C19H21N3O2S/c1-14-10-15(2)19(16(3)11-14)25(23,24)21-18-7-4-6-17(12-18)13-22-9-5-8-20-22/h4-12,21H,13H2,1-3H3. The average molecular weight is 355 g/mol. The van der Waals surface area contributed by atoms with Gasteiger partial charge in [-0.25, -0.2) is 8.42 Å². The number of aromatic nitrogens is 2. The highest BCUT2D eigenvalue weighted by Crippen LogP contribution is 2.24. The molecule has 25 heavy (non-hydrogen) atoms. The second-order valence-corrected chi connectivity index (χ2v) is 7.86. The van der Waals surface area contributed by atoms with Crippen LogP contribution in [0.1, 0.15) is 22.3 Å². The molecule has 3 rings (SSSR count). The molecule has 0 spiro atoms. The number of rotatable bonds is 5. The summed E-state index contributed by atoms with van der Waals surface area (Å²) in [5.74, 6) is 0. The third-order valence-corrected chi connectivity index (χ3v) is 5.64. The Morgan fingerprint density at radius 3 is 2.40 bits per heavy atom. The van der Waals surface area contributed by atoms with Crippen LogP contribution in [-0.2, 0) is 16.6 Å². The number of benzene rings is 2. The number of nitrogens with zero attached hydrogens (tertiary/aromatic N) is 2. The summed E-state index contributed by atoms with van der Waals surface area (Å²) in [6.07, 6.45) is 3.59. The molecule has 2 aromatic carbocycles. The lowest BCUT2D eigenvalue weighted by atomic mass is 10.1. The van der Waals surface area contributed by atoms with Crippen LogP contribution in [0.3, 0.4) is 0 Å². The van der Waals surface area contributed by atoms with Gasteiger partial charge in [0.25, 0.3) is 10.0 Å². The van der Waals surface area contributed by atoms with Gasteiger partial charge in [-0.2, -0.15) is 5.10 Å². The quantitative estimate of drug-likeness (QED) is 0.760. The molecule has 0 radical (unpaired) electrons. The summed E-state index contributed by atoms with van der Waals surface area (Å²) in [7, 11) is -3.64. The minimum absolute atomic E-state index is 0.343. The van der Waals surface area contributed by atoms with Gasteiger partial charge in [-0.1, -0.05) is 29.8 Å². The van der Waals surface area contributed by atoms with E-state index in [0.29, 0.717) is 17.1 Å². The van der Waals surface area contributed by atoms with Gasteiger partial charge < -0.3 is 0 Å². The molecule has 0 fully saturated rings. The molecule has 0 unspecified atom stereocenters. The van der Waals surface area contributed by atoms with Gasteiger partial charge in [0.1, 0.15) is 0 Å². The smallest absolute Gasteiger partial charge is 0.262 e. The highest BCUT2D eigenvalue weighted by atomic mass is 32.2. The summed E-state index contributed by atoms with van der Waals surface area (Å²) in [5.41, 5.74) is 4.07. The number of nitrogens with one attached hydrogen (secondary N) is 1. The van der Waals surface area contributed by atoms with Gasteiger partial charge in [0.05, 0.1) is 11.4 Å². The highest BCUT2D eigenvalue weighted by molar-refractivity contribution is 7.92. The van der Waals surface area contributed by atoms with E-state index in [4.69, 9.17) is 0 Å².